The van der Waals surface area contributed by atoms with Crippen LogP contribution in [0.5, 0.6) is 0 Å². The molecule has 0 atom stereocenters. The zero-order valence-electron chi connectivity index (χ0n) is 9.54. The molecule has 0 saturated heterocycles. The summed E-state index contributed by atoms with van der Waals surface area (Å²) in [6.45, 7) is 5.79. The van der Waals surface area contributed by atoms with Crippen molar-refractivity contribution < 1.29 is 0 Å². The molecule has 1 aromatic heterocycles. The zero-order valence-corrected chi connectivity index (χ0v) is 9.54. The standard InChI is InChI=1S/C11H15N5/c1-7(2)14-11-8-6-13-4-3-9(8)15-10(5-12)16-11/h7,13H,3-4,6H2,1-2H3,(H,14,15,16). The Morgan fingerprint density at radius 2 is 2.25 bits per heavy atom. The minimum absolute atomic E-state index is 0.254. The van der Waals surface area contributed by atoms with Crippen LogP contribution in [0.2, 0.25) is 0 Å². The van der Waals surface area contributed by atoms with Gasteiger partial charge in [0, 0.05) is 31.1 Å². The number of nitrogens with zero attached hydrogens (tertiary/aromatic N) is 3. The van der Waals surface area contributed by atoms with Crippen LogP contribution in [0.1, 0.15) is 30.9 Å². The third-order valence-electron chi connectivity index (χ3n) is 2.46. The third kappa shape index (κ3) is 2.12. The molecule has 5 nitrogen and oxygen atoms in total. The van der Waals surface area contributed by atoms with Crippen LogP contribution >= 0.6 is 0 Å². The molecule has 84 valence electrons. The monoisotopic (exact) mass is 217 g/mol. The smallest absolute Gasteiger partial charge is 0.234 e. The molecular weight excluding hydrogens is 202 g/mol. The summed E-state index contributed by atoms with van der Waals surface area (Å²) in [5.74, 6) is 1.05. The minimum Gasteiger partial charge on any atom is -0.367 e. The van der Waals surface area contributed by atoms with Crippen molar-refractivity contribution in [2.75, 3.05) is 11.9 Å². The van der Waals surface area contributed by atoms with Gasteiger partial charge in [0.25, 0.3) is 0 Å². The molecule has 1 aromatic rings. The fraction of sp³-hybridized carbons (Fsp3) is 0.545. The quantitative estimate of drug-likeness (QED) is 0.767. The average Bonchev–Trinajstić information content (AvgIpc) is 2.28. The Bertz CT molecular complexity index is 433. The van der Waals surface area contributed by atoms with Crippen LogP contribution in [0.25, 0.3) is 0 Å². The van der Waals surface area contributed by atoms with Gasteiger partial charge < -0.3 is 10.6 Å². The summed E-state index contributed by atoms with van der Waals surface area (Å²) in [6, 6.07) is 2.31. The summed E-state index contributed by atoms with van der Waals surface area (Å²) < 4.78 is 0. The fourth-order valence-electron chi connectivity index (χ4n) is 1.79. The lowest BCUT2D eigenvalue weighted by Crippen LogP contribution is -2.27. The minimum atomic E-state index is 0.254. The van der Waals surface area contributed by atoms with Gasteiger partial charge in [0.15, 0.2) is 0 Å². The van der Waals surface area contributed by atoms with Gasteiger partial charge in [-0.1, -0.05) is 0 Å². The molecule has 0 spiro atoms. The van der Waals surface area contributed by atoms with Crippen LogP contribution < -0.4 is 10.6 Å². The normalized spacial score (nSPS) is 14.4. The van der Waals surface area contributed by atoms with Crippen molar-refractivity contribution in [3.8, 4) is 6.07 Å². The highest BCUT2D eigenvalue weighted by Crippen LogP contribution is 2.20. The van der Waals surface area contributed by atoms with Gasteiger partial charge in [-0.2, -0.15) is 5.26 Å². The number of aromatic nitrogens is 2. The van der Waals surface area contributed by atoms with Crippen LogP contribution in [0, 0.1) is 11.3 Å². The Labute approximate surface area is 94.9 Å². The van der Waals surface area contributed by atoms with E-state index in [1.54, 1.807) is 0 Å². The van der Waals surface area contributed by atoms with Crippen molar-refractivity contribution in [1.29, 1.82) is 5.26 Å². The number of hydrogen-bond donors (Lipinski definition) is 2. The number of nitriles is 1. The summed E-state index contributed by atoms with van der Waals surface area (Å²) in [5.41, 5.74) is 2.09. The maximum atomic E-state index is 8.88. The Kier molecular flexibility index (Phi) is 3.02. The predicted molar refractivity (Wildman–Crippen MR) is 60.9 cm³/mol. The molecule has 0 unspecified atom stereocenters. The van der Waals surface area contributed by atoms with Gasteiger partial charge in [-0.05, 0) is 13.8 Å². The van der Waals surface area contributed by atoms with E-state index in [2.05, 4.69) is 34.4 Å². The molecule has 0 radical (unpaired) electrons. The molecule has 0 saturated carbocycles. The highest BCUT2D eigenvalue weighted by atomic mass is 15.1. The van der Waals surface area contributed by atoms with Crippen molar-refractivity contribution in [2.24, 2.45) is 0 Å². The topological polar surface area (TPSA) is 73.6 Å². The number of hydrogen-bond acceptors (Lipinski definition) is 5. The van der Waals surface area contributed by atoms with E-state index in [1.165, 1.54) is 0 Å². The number of nitrogens with one attached hydrogen (secondary N) is 2. The van der Waals surface area contributed by atoms with E-state index in [9.17, 15) is 0 Å². The lowest BCUT2D eigenvalue weighted by atomic mass is 10.1. The molecule has 2 rings (SSSR count). The van der Waals surface area contributed by atoms with Crippen LogP contribution in [0.15, 0.2) is 0 Å². The number of anilines is 1. The molecule has 1 aliphatic heterocycles. The van der Waals surface area contributed by atoms with Crippen molar-refractivity contribution >= 4 is 5.82 Å². The highest BCUT2D eigenvalue weighted by Gasteiger charge is 2.17. The van der Waals surface area contributed by atoms with Gasteiger partial charge in [-0.25, -0.2) is 9.97 Å². The largest absolute Gasteiger partial charge is 0.367 e. The Morgan fingerprint density at radius 3 is 2.94 bits per heavy atom. The maximum absolute atomic E-state index is 8.88. The molecule has 0 aromatic carbocycles. The van der Waals surface area contributed by atoms with E-state index < -0.39 is 0 Å². The Balaban J connectivity index is 2.44. The number of fused-ring (bicyclic) bond motifs is 1. The molecule has 1 aliphatic rings. The highest BCUT2D eigenvalue weighted by molar-refractivity contribution is 5.49. The van der Waals surface area contributed by atoms with E-state index in [0.29, 0.717) is 6.04 Å². The lowest BCUT2D eigenvalue weighted by Gasteiger charge is -2.20. The third-order valence-corrected chi connectivity index (χ3v) is 2.46. The second kappa shape index (κ2) is 4.45. The zero-order chi connectivity index (χ0) is 11.5. The first-order valence-corrected chi connectivity index (χ1v) is 5.48. The maximum Gasteiger partial charge on any atom is 0.234 e. The second-order valence-corrected chi connectivity index (χ2v) is 4.16. The first-order valence-electron chi connectivity index (χ1n) is 5.48. The van der Waals surface area contributed by atoms with E-state index in [-0.39, 0.29) is 5.82 Å². The predicted octanol–water partition coefficient (Wildman–Crippen LogP) is 0.814. The van der Waals surface area contributed by atoms with Crippen molar-refractivity contribution in [2.45, 2.75) is 32.9 Å². The van der Waals surface area contributed by atoms with Crippen LogP contribution in [-0.4, -0.2) is 22.6 Å². The molecule has 2 N–H and O–H groups in total. The molecule has 0 fully saturated rings. The first-order chi connectivity index (χ1) is 7.70. The van der Waals surface area contributed by atoms with Gasteiger partial charge in [0.05, 0.1) is 5.69 Å². The van der Waals surface area contributed by atoms with E-state index >= 15 is 0 Å². The van der Waals surface area contributed by atoms with Crippen LogP contribution in [0.4, 0.5) is 5.82 Å². The van der Waals surface area contributed by atoms with Gasteiger partial charge in [0.1, 0.15) is 11.9 Å². The molecule has 0 amide bonds. The first kappa shape index (κ1) is 10.8. The van der Waals surface area contributed by atoms with Gasteiger partial charge >= 0.3 is 0 Å². The van der Waals surface area contributed by atoms with Crippen molar-refractivity contribution in [3.63, 3.8) is 0 Å². The van der Waals surface area contributed by atoms with E-state index in [1.807, 2.05) is 6.07 Å². The van der Waals surface area contributed by atoms with Gasteiger partial charge in [0.2, 0.25) is 5.82 Å². The van der Waals surface area contributed by atoms with Crippen LogP contribution in [0.3, 0.4) is 0 Å². The molecule has 0 aliphatic carbocycles. The lowest BCUT2D eigenvalue weighted by molar-refractivity contribution is 0.624. The molecule has 2 heterocycles. The van der Waals surface area contributed by atoms with E-state index in [0.717, 1.165) is 36.6 Å². The summed E-state index contributed by atoms with van der Waals surface area (Å²) in [7, 11) is 0. The summed E-state index contributed by atoms with van der Waals surface area (Å²) in [6.07, 6.45) is 0.860. The second-order valence-electron chi connectivity index (χ2n) is 4.16. The van der Waals surface area contributed by atoms with Crippen molar-refractivity contribution in [3.05, 3.63) is 17.1 Å². The average molecular weight is 217 g/mol. The Morgan fingerprint density at radius 1 is 1.44 bits per heavy atom. The molecular formula is C11H15N5. The summed E-state index contributed by atoms with van der Waals surface area (Å²) in [4.78, 5) is 8.47. The van der Waals surface area contributed by atoms with Crippen LogP contribution in [-0.2, 0) is 13.0 Å². The van der Waals surface area contributed by atoms with Gasteiger partial charge in [-0.3, -0.25) is 0 Å². The summed E-state index contributed by atoms with van der Waals surface area (Å²) >= 11 is 0. The fourth-order valence-corrected chi connectivity index (χ4v) is 1.79. The Hall–Kier alpha value is -1.67. The molecule has 0 bridgehead atoms. The summed E-state index contributed by atoms with van der Waals surface area (Å²) in [5, 5.41) is 15.4. The van der Waals surface area contributed by atoms with E-state index in [4.69, 9.17) is 5.26 Å². The molecule has 5 heteroatoms. The SMILES string of the molecule is CC(C)Nc1nc(C#N)nc2c1CNCC2. The number of rotatable bonds is 2. The molecule has 16 heavy (non-hydrogen) atoms. The van der Waals surface area contributed by atoms with Gasteiger partial charge in [-0.15, -0.1) is 0 Å². The van der Waals surface area contributed by atoms with Crippen molar-refractivity contribution in [1.82, 2.24) is 15.3 Å².